The zero-order valence-corrected chi connectivity index (χ0v) is 21.6. The van der Waals surface area contributed by atoms with E-state index in [0.29, 0.717) is 6.92 Å². The third-order valence-corrected chi connectivity index (χ3v) is 6.06. The second-order valence-corrected chi connectivity index (χ2v) is 9.26. The normalized spacial score (nSPS) is 16.1. The summed E-state index contributed by atoms with van der Waals surface area (Å²) in [5.41, 5.74) is -16.1. The highest BCUT2D eigenvalue weighted by molar-refractivity contribution is 5.51. The molecule has 0 aliphatic rings. The Bertz CT molecular complexity index is 1250. The van der Waals surface area contributed by atoms with Crippen LogP contribution >= 0.6 is 0 Å². The van der Waals surface area contributed by atoms with Crippen LogP contribution in [0.15, 0.2) is 12.1 Å². The lowest BCUT2D eigenvalue weighted by atomic mass is 9.81. The van der Waals surface area contributed by atoms with E-state index < -0.39 is 119 Å². The molecular weight excluding hydrogens is 765 g/mol. The second kappa shape index (κ2) is 11.4. The molecule has 0 unspecified atom stereocenters. The smallest absolute Gasteiger partial charge is 0.194 e. The molecule has 0 heterocycles. The fourth-order valence-electron chi connectivity index (χ4n) is 3.42. The SMILES string of the molecule is CC[CH]c1c(C(F)(F)C(F)(F)C(F)(F)C(F)(F)F)cc(C(F)(F)C(F)(F)C(F)(F)C(F)(F)F)cc1C(F)(F)C(F)(F)C(F)(F)C(F)(F)F. The van der Waals surface area contributed by atoms with E-state index in [9.17, 15) is 119 Å². The van der Waals surface area contributed by atoms with Gasteiger partial charge in [-0.3, -0.25) is 0 Å². The number of hydrogen-bond acceptors (Lipinski definition) is 0. The average Bonchev–Trinajstić information content (AvgIpc) is 2.85. The largest absolute Gasteiger partial charge is 0.460 e. The molecule has 0 fully saturated rings. The van der Waals surface area contributed by atoms with Gasteiger partial charge in [-0.2, -0.15) is 119 Å². The topological polar surface area (TPSA) is 0 Å². The van der Waals surface area contributed by atoms with E-state index >= 15 is 0 Å². The maximum atomic E-state index is 14.8. The minimum Gasteiger partial charge on any atom is -0.194 e. The molecule has 1 aromatic rings. The number of rotatable bonds is 11. The van der Waals surface area contributed by atoms with Crippen molar-refractivity contribution in [3.63, 3.8) is 0 Å². The van der Waals surface area contributed by atoms with Crippen molar-refractivity contribution in [2.24, 2.45) is 0 Å². The summed E-state index contributed by atoms with van der Waals surface area (Å²) >= 11 is 0. The molecule has 0 aliphatic heterocycles. The van der Waals surface area contributed by atoms with Gasteiger partial charge in [-0.05, 0) is 30.5 Å². The lowest BCUT2D eigenvalue weighted by molar-refractivity contribution is -0.401. The standard InChI is InChI=1S/C21H8F27/c1-2-3-7-8(11(24,25)14(30,31)17(36,37)20(43,44)45)4-6(10(22,23)13(28,29)16(34,35)19(40,41)42)5-9(7)12(26,27)15(32,33)18(38,39)21(46,47)48/h3-5H,2H2,1H3. The van der Waals surface area contributed by atoms with E-state index in [1.54, 1.807) is 0 Å². The Labute approximate surface area is 245 Å². The fourth-order valence-corrected chi connectivity index (χ4v) is 3.42. The molecule has 0 atom stereocenters. The van der Waals surface area contributed by atoms with Crippen molar-refractivity contribution in [3.8, 4) is 0 Å². The van der Waals surface area contributed by atoms with Gasteiger partial charge in [-0.15, -0.1) is 0 Å². The lowest BCUT2D eigenvalue weighted by Crippen LogP contribution is -2.61. The van der Waals surface area contributed by atoms with Crippen molar-refractivity contribution in [2.75, 3.05) is 0 Å². The Morgan fingerprint density at radius 2 is 0.604 bits per heavy atom. The molecular formula is C21H8F27. The highest BCUT2D eigenvalue weighted by Crippen LogP contribution is 2.63. The highest BCUT2D eigenvalue weighted by Gasteiger charge is 2.85. The highest BCUT2D eigenvalue weighted by atomic mass is 19.4. The van der Waals surface area contributed by atoms with Gasteiger partial charge in [0.05, 0.1) is 0 Å². The molecule has 0 bridgehead atoms. The van der Waals surface area contributed by atoms with Crippen LogP contribution in [0, 0.1) is 6.42 Å². The van der Waals surface area contributed by atoms with Crippen molar-refractivity contribution in [1.29, 1.82) is 0 Å². The molecule has 0 amide bonds. The van der Waals surface area contributed by atoms with Crippen LogP contribution in [0.1, 0.15) is 35.6 Å². The molecule has 0 nitrogen and oxygen atoms in total. The van der Waals surface area contributed by atoms with E-state index in [4.69, 9.17) is 0 Å². The molecule has 0 aliphatic carbocycles. The van der Waals surface area contributed by atoms with E-state index in [1.807, 2.05) is 0 Å². The van der Waals surface area contributed by atoms with Gasteiger partial charge >= 0.3 is 71.8 Å². The summed E-state index contributed by atoms with van der Waals surface area (Å²) < 4.78 is 367. The second-order valence-electron chi connectivity index (χ2n) is 9.26. The molecule has 0 aromatic heterocycles. The van der Waals surface area contributed by atoms with Gasteiger partial charge in [-0.25, -0.2) is 0 Å². The molecule has 27 heteroatoms. The molecule has 0 saturated carbocycles. The van der Waals surface area contributed by atoms with Crippen LogP contribution in [0.3, 0.4) is 0 Å². The van der Waals surface area contributed by atoms with Crippen LogP contribution in [-0.4, -0.2) is 54.1 Å². The predicted molar refractivity (Wildman–Crippen MR) is 99.7 cm³/mol. The monoisotopic (exact) mass is 773 g/mol. The molecule has 1 radical (unpaired) electrons. The maximum absolute atomic E-state index is 14.8. The summed E-state index contributed by atoms with van der Waals surface area (Å²) in [6.07, 6.45) is -26.1. The Kier molecular flexibility index (Phi) is 10.3. The Morgan fingerprint density at radius 3 is 0.812 bits per heavy atom. The van der Waals surface area contributed by atoms with Gasteiger partial charge in [0.1, 0.15) is 0 Å². The van der Waals surface area contributed by atoms with Crippen LogP contribution in [0.25, 0.3) is 0 Å². The maximum Gasteiger partial charge on any atom is 0.460 e. The van der Waals surface area contributed by atoms with Crippen molar-refractivity contribution >= 4 is 0 Å². The third-order valence-electron chi connectivity index (χ3n) is 6.06. The van der Waals surface area contributed by atoms with Crippen molar-refractivity contribution in [1.82, 2.24) is 0 Å². The Morgan fingerprint density at radius 1 is 0.375 bits per heavy atom. The number of alkyl halides is 27. The van der Waals surface area contributed by atoms with Crippen LogP contribution < -0.4 is 0 Å². The van der Waals surface area contributed by atoms with E-state index in [2.05, 4.69) is 0 Å². The summed E-state index contributed by atoms with van der Waals surface area (Å²) in [4.78, 5) is 0. The average molecular weight is 773 g/mol. The number of hydrogen-bond donors (Lipinski definition) is 0. The first-order valence-electron chi connectivity index (χ1n) is 11.2. The molecule has 0 saturated heterocycles. The van der Waals surface area contributed by atoms with Crippen molar-refractivity contribution in [2.45, 2.75) is 85.2 Å². The van der Waals surface area contributed by atoms with Gasteiger partial charge in [0.15, 0.2) is 0 Å². The molecule has 1 rings (SSSR count). The summed E-state index contributed by atoms with van der Waals surface area (Å²) in [6, 6.07) is -4.33. The van der Waals surface area contributed by atoms with Gasteiger partial charge in [0, 0.05) is 16.7 Å². The minimum atomic E-state index is -8.33. The van der Waals surface area contributed by atoms with Gasteiger partial charge in [0.25, 0.3) is 0 Å². The first-order valence-corrected chi connectivity index (χ1v) is 11.2. The van der Waals surface area contributed by atoms with Crippen LogP contribution in [0.5, 0.6) is 0 Å². The van der Waals surface area contributed by atoms with Crippen LogP contribution in [-0.2, 0) is 17.8 Å². The van der Waals surface area contributed by atoms with E-state index in [0.717, 1.165) is 0 Å². The number of halogens is 27. The van der Waals surface area contributed by atoms with E-state index in [-0.39, 0.29) is 0 Å². The van der Waals surface area contributed by atoms with Crippen molar-refractivity contribution in [3.05, 3.63) is 40.8 Å². The molecule has 0 N–H and O–H groups in total. The lowest BCUT2D eigenvalue weighted by Gasteiger charge is -2.39. The first kappa shape index (κ1) is 43.4. The molecule has 0 spiro atoms. The minimum absolute atomic E-state index is 0.315. The third kappa shape index (κ3) is 5.84. The molecule has 281 valence electrons. The van der Waals surface area contributed by atoms with Crippen molar-refractivity contribution < 1.29 is 119 Å². The fraction of sp³-hybridized carbons (Fsp3) is 0.667. The number of benzene rings is 1. The Hall–Kier alpha value is -2.67. The quantitative estimate of drug-likeness (QED) is 0.197. The Balaban J connectivity index is 4.74. The van der Waals surface area contributed by atoms with Crippen LogP contribution in [0.2, 0.25) is 0 Å². The zero-order valence-electron chi connectivity index (χ0n) is 21.6. The molecule has 48 heavy (non-hydrogen) atoms. The van der Waals surface area contributed by atoms with Crippen LogP contribution in [0.4, 0.5) is 119 Å². The predicted octanol–water partition coefficient (Wildman–Crippen LogP) is 11.4. The first-order chi connectivity index (χ1) is 20.5. The van der Waals surface area contributed by atoms with Gasteiger partial charge in [-0.1, -0.05) is 6.92 Å². The molecule has 1 aromatic carbocycles. The summed E-state index contributed by atoms with van der Waals surface area (Å²) in [7, 11) is 0. The zero-order chi connectivity index (χ0) is 39.1. The van der Waals surface area contributed by atoms with Gasteiger partial charge in [0.2, 0.25) is 0 Å². The summed E-state index contributed by atoms with van der Waals surface area (Å²) in [5.74, 6) is -73.3. The summed E-state index contributed by atoms with van der Waals surface area (Å²) in [5, 5.41) is 0. The summed E-state index contributed by atoms with van der Waals surface area (Å²) in [6.45, 7) is 0.315. The van der Waals surface area contributed by atoms with E-state index in [1.165, 1.54) is 0 Å². The van der Waals surface area contributed by atoms with Gasteiger partial charge < -0.3 is 0 Å².